The van der Waals surface area contributed by atoms with Gasteiger partial charge < -0.3 is 15.7 Å². The Labute approximate surface area is 104 Å². The molecule has 0 unspecified atom stereocenters. The molecule has 0 spiro atoms. The van der Waals surface area contributed by atoms with E-state index in [0.717, 1.165) is 5.69 Å². The third kappa shape index (κ3) is 2.40. The van der Waals surface area contributed by atoms with Crippen LogP contribution in [-0.4, -0.2) is 25.8 Å². The van der Waals surface area contributed by atoms with Crippen molar-refractivity contribution in [3.63, 3.8) is 0 Å². The second-order valence-electron chi connectivity index (χ2n) is 3.71. The predicted molar refractivity (Wildman–Crippen MR) is 64.8 cm³/mol. The van der Waals surface area contributed by atoms with Crippen LogP contribution in [0.25, 0.3) is 0 Å². The van der Waals surface area contributed by atoms with Gasteiger partial charge in [-0.05, 0) is 19.1 Å². The average Bonchev–Trinajstić information content (AvgIpc) is 2.68. The first-order chi connectivity index (χ1) is 8.60. The first-order valence-electron chi connectivity index (χ1n) is 5.22. The molecule has 0 radical (unpaired) electrons. The summed E-state index contributed by atoms with van der Waals surface area (Å²) in [5.41, 5.74) is 6.66. The molecular formula is C11H13N5O2. The van der Waals surface area contributed by atoms with Crippen molar-refractivity contribution in [2.24, 2.45) is 17.9 Å². The first-order valence-corrected chi connectivity index (χ1v) is 5.22. The Balaban J connectivity index is 2.18. The summed E-state index contributed by atoms with van der Waals surface area (Å²) >= 11 is 0. The molecule has 2 rings (SSSR count). The smallest absolute Gasteiger partial charge is 0.217 e. The van der Waals surface area contributed by atoms with E-state index in [2.05, 4.69) is 15.2 Å². The molecule has 0 bridgehead atoms. The first kappa shape index (κ1) is 11.9. The van der Waals surface area contributed by atoms with E-state index in [0.29, 0.717) is 17.3 Å². The van der Waals surface area contributed by atoms with Crippen LogP contribution in [0.2, 0.25) is 0 Å². The number of nitrogens with two attached hydrogens (primary N) is 1. The zero-order valence-corrected chi connectivity index (χ0v) is 10.0. The molecule has 2 heterocycles. The highest BCUT2D eigenvalue weighted by atomic mass is 16.5. The molecule has 0 saturated heterocycles. The molecule has 2 aromatic heterocycles. The minimum absolute atomic E-state index is 0.0436. The van der Waals surface area contributed by atoms with Crippen LogP contribution in [0, 0.1) is 6.92 Å². The number of amidine groups is 1. The normalized spacial score (nSPS) is 11.6. The van der Waals surface area contributed by atoms with Gasteiger partial charge in [-0.25, -0.2) is 9.67 Å². The maximum absolute atomic E-state index is 8.51. The van der Waals surface area contributed by atoms with Gasteiger partial charge in [0.2, 0.25) is 5.88 Å². The van der Waals surface area contributed by atoms with Gasteiger partial charge in [0.05, 0.1) is 11.9 Å². The van der Waals surface area contributed by atoms with Crippen LogP contribution < -0.4 is 10.5 Å². The lowest BCUT2D eigenvalue weighted by molar-refractivity contribution is 0.318. The van der Waals surface area contributed by atoms with E-state index in [1.54, 1.807) is 23.9 Å². The molecular weight excluding hydrogens is 234 g/mol. The van der Waals surface area contributed by atoms with Gasteiger partial charge in [-0.1, -0.05) is 5.16 Å². The highest BCUT2D eigenvalue weighted by Gasteiger charge is 2.06. The Hall–Kier alpha value is -2.57. The largest absolute Gasteiger partial charge is 0.438 e. The number of hydrogen-bond acceptors (Lipinski definition) is 5. The van der Waals surface area contributed by atoms with Gasteiger partial charge in [-0.2, -0.15) is 5.10 Å². The van der Waals surface area contributed by atoms with Crippen LogP contribution >= 0.6 is 0 Å². The summed E-state index contributed by atoms with van der Waals surface area (Å²) in [6.45, 7) is 1.88. The summed E-state index contributed by atoms with van der Waals surface area (Å²) in [5, 5.41) is 15.5. The Morgan fingerprint density at radius 1 is 1.50 bits per heavy atom. The quantitative estimate of drug-likeness (QED) is 0.365. The van der Waals surface area contributed by atoms with Gasteiger partial charge in [0.25, 0.3) is 0 Å². The lowest BCUT2D eigenvalue weighted by atomic mass is 10.3. The molecule has 0 saturated carbocycles. The molecule has 2 aromatic rings. The van der Waals surface area contributed by atoms with Crippen LogP contribution in [0.4, 0.5) is 0 Å². The molecule has 0 aliphatic rings. The fourth-order valence-electron chi connectivity index (χ4n) is 1.45. The van der Waals surface area contributed by atoms with Crippen LogP contribution in [0.3, 0.4) is 0 Å². The minimum atomic E-state index is -0.0436. The van der Waals surface area contributed by atoms with Crippen molar-refractivity contribution < 1.29 is 9.94 Å². The standard InChI is InChI=1S/C11H13N5O2/c1-7-5-10(16(2)14-7)18-8-3-4-9(13-6-8)11(12)15-17/h3-6,17H,1-2H3,(H2,12,15). The molecule has 3 N–H and O–H groups in total. The third-order valence-electron chi connectivity index (χ3n) is 2.29. The molecule has 7 heteroatoms. The van der Waals surface area contributed by atoms with Crippen molar-refractivity contribution in [1.82, 2.24) is 14.8 Å². The lowest BCUT2D eigenvalue weighted by Gasteiger charge is -2.05. The summed E-state index contributed by atoms with van der Waals surface area (Å²) in [5.74, 6) is 1.12. The summed E-state index contributed by atoms with van der Waals surface area (Å²) in [7, 11) is 1.79. The maximum Gasteiger partial charge on any atom is 0.217 e. The van der Waals surface area contributed by atoms with E-state index in [4.69, 9.17) is 15.7 Å². The highest BCUT2D eigenvalue weighted by molar-refractivity contribution is 5.95. The molecule has 94 valence electrons. The van der Waals surface area contributed by atoms with Crippen molar-refractivity contribution in [3.8, 4) is 11.6 Å². The number of rotatable bonds is 3. The minimum Gasteiger partial charge on any atom is -0.438 e. The van der Waals surface area contributed by atoms with Crippen molar-refractivity contribution in [3.05, 3.63) is 35.8 Å². The molecule has 0 aliphatic heterocycles. The van der Waals surface area contributed by atoms with Gasteiger partial charge in [-0.15, -0.1) is 0 Å². The van der Waals surface area contributed by atoms with Gasteiger partial charge in [0.1, 0.15) is 11.4 Å². The Morgan fingerprint density at radius 3 is 2.78 bits per heavy atom. The zero-order chi connectivity index (χ0) is 13.1. The fraction of sp³-hybridized carbons (Fsp3) is 0.182. The molecule has 0 aliphatic carbocycles. The highest BCUT2D eigenvalue weighted by Crippen LogP contribution is 2.20. The zero-order valence-electron chi connectivity index (χ0n) is 10.0. The second kappa shape index (κ2) is 4.74. The van der Waals surface area contributed by atoms with Crippen LogP contribution in [0.1, 0.15) is 11.4 Å². The number of hydrogen-bond donors (Lipinski definition) is 2. The van der Waals surface area contributed by atoms with Crippen molar-refractivity contribution >= 4 is 5.84 Å². The Morgan fingerprint density at radius 2 is 2.28 bits per heavy atom. The Kier molecular flexibility index (Phi) is 3.13. The SMILES string of the molecule is Cc1cc(Oc2ccc(/C(N)=N/O)nc2)n(C)n1. The van der Waals surface area contributed by atoms with Gasteiger partial charge in [0.15, 0.2) is 5.84 Å². The summed E-state index contributed by atoms with van der Waals surface area (Å²) in [6.07, 6.45) is 1.50. The number of pyridine rings is 1. The van der Waals surface area contributed by atoms with Crippen LogP contribution in [-0.2, 0) is 7.05 Å². The van der Waals surface area contributed by atoms with E-state index in [1.807, 2.05) is 13.0 Å². The summed E-state index contributed by atoms with van der Waals surface area (Å²) in [6, 6.07) is 5.10. The van der Waals surface area contributed by atoms with Gasteiger partial charge in [0, 0.05) is 13.1 Å². The number of oxime groups is 1. The maximum atomic E-state index is 8.51. The number of nitrogens with zero attached hydrogens (tertiary/aromatic N) is 4. The van der Waals surface area contributed by atoms with Crippen molar-refractivity contribution in [1.29, 1.82) is 0 Å². The van der Waals surface area contributed by atoms with Crippen LogP contribution in [0.15, 0.2) is 29.6 Å². The van der Waals surface area contributed by atoms with Gasteiger partial charge in [-0.3, -0.25) is 0 Å². The molecule has 0 aromatic carbocycles. The molecule has 0 atom stereocenters. The van der Waals surface area contributed by atoms with Gasteiger partial charge >= 0.3 is 0 Å². The molecule has 0 amide bonds. The van der Waals surface area contributed by atoms with E-state index in [9.17, 15) is 0 Å². The second-order valence-corrected chi connectivity index (χ2v) is 3.71. The molecule has 7 nitrogen and oxygen atoms in total. The van der Waals surface area contributed by atoms with Crippen molar-refractivity contribution in [2.45, 2.75) is 6.92 Å². The van der Waals surface area contributed by atoms with Crippen molar-refractivity contribution in [2.75, 3.05) is 0 Å². The molecule has 0 fully saturated rings. The topological polar surface area (TPSA) is 98.5 Å². The van der Waals surface area contributed by atoms with E-state index < -0.39 is 0 Å². The van der Waals surface area contributed by atoms with Crippen LogP contribution in [0.5, 0.6) is 11.6 Å². The van der Waals surface area contributed by atoms with E-state index >= 15 is 0 Å². The lowest BCUT2D eigenvalue weighted by Crippen LogP contribution is -2.14. The predicted octanol–water partition coefficient (Wildman–Crippen LogP) is 1.01. The summed E-state index contributed by atoms with van der Waals surface area (Å²) in [4.78, 5) is 4.01. The number of aryl methyl sites for hydroxylation is 2. The van der Waals surface area contributed by atoms with E-state index in [-0.39, 0.29) is 5.84 Å². The third-order valence-corrected chi connectivity index (χ3v) is 2.29. The van der Waals surface area contributed by atoms with E-state index in [1.165, 1.54) is 6.20 Å². The Bertz CT molecular complexity index is 574. The number of aromatic nitrogens is 3. The summed E-state index contributed by atoms with van der Waals surface area (Å²) < 4.78 is 7.22. The fourth-order valence-corrected chi connectivity index (χ4v) is 1.45. The molecule has 18 heavy (non-hydrogen) atoms. The number of ether oxygens (including phenoxy) is 1. The monoisotopic (exact) mass is 247 g/mol. The average molecular weight is 247 g/mol.